The van der Waals surface area contributed by atoms with Crippen molar-refractivity contribution in [2.45, 2.75) is 88.0 Å². The average Bonchev–Trinajstić information content (AvgIpc) is 3.21. The fraction of sp³-hybridized carbons (Fsp3) is 0.271. The van der Waals surface area contributed by atoms with E-state index in [-0.39, 0.29) is 0 Å². The maximum atomic E-state index is 10.2. The first-order valence-electron chi connectivity index (χ1n) is 18.8. The number of rotatable bonds is 8. The Labute approximate surface area is 362 Å². The molecule has 5 rings (SSSR count). The highest BCUT2D eigenvalue weighted by Gasteiger charge is 2.08. The summed E-state index contributed by atoms with van der Waals surface area (Å²) in [7, 11) is 0. The molecule has 0 spiro atoms. The first-order valence-corrected chi connectivity index (χ1v) is 19.6. The summed E-state index contributed by atoms with van der Waals surface area (Å²) in [5.41, 5.74) is 12.9. The van der Waals surface area contributed by atoms with Crippen LogP contribution in [0.4, 0.5) is 28.4 Å². The molecule has 60 heavy (non-hydrogen) atoms. The minimum absolute atomic E-state index is 0.381. The zero-order chi connectivity index (χ0) is 45.2. The molecule has 0 aliphatic rings. The summed E-state index contributed by atoms with van der Waals surface area (Å²) in [5, 5.41) is 1.22. The smallest absolute Gasteiger partial charge is 0.211 e. The van der Waals surface area contributed by atoms with E-state index < -0.39 is 0 Å². The minimum atomic E-state index is 0.381. The highest BCUT2D eigenvalue weighted by molar-refractivity contribution is 6.31. The van der Waals surface area contributed by atoms with E-state index in [1.165, 1.54) is 17.7 Å². The Morgan fingerprint density at radius 3 is 1.43 bits per heavy atom. The monoisotopic (exact) mass is 845 g/mol. The van der Waals surface area contributed by atoms with Crippen LogP contribution >= 0.6 is 23.2 Å². The molecule has 0 saturated heterocycles. The second-order valence-corrected chi connectivity index (χ2v) is 14.3. The molecule has 5 aromatic carbocycles. The van der Waals surface area contributed by atoms with Gasteiger partial charge in [0.2, 0.25) is 30.4 Å². The Bertz CT molecular complexity index is 2410. The van der Waals surface area contributed by atoms with Gasteiger partial charge in [-0.3, -0.25) is 0 Å². The van der Waals surface area contributed by atoms with Crippen LogP contribution < -0.4 is 0 Å². The van der Waals surface area contributed by atoms with Crippen molar-refractivity contribution in [2.75, 3.05) is 0 Å². The normalized spacial score (nSPS) is 9.28. The molecule has 5 aromatic rings. The van der Waals surface area contributed by atoms with Crippen LogP contribution in [-0.4, -0.2) is 30.4 Å². The second kappa shape index (κ2) is 28.1. The molecule has 0 bridgehead atoms. The number of para-hydroxylation sites is 2. The fourth-order valence-electron chi connectivity index (χ4n) is 5.69. The van der Waals surface area contributed by atoms with Crippen LogP contribution in [0.2, 0.25) is 10.0 Å². The van der Waals surface area contributed by atoms with Gasteiger partial charge in [0.25, 0.3) is 0 Å². The first kappa shape index (κ1) is 51.6. The predicted octanol–water partition coefficient (Wildman–Crippen LogP) is 13.7. The van der Waals surface area contributed by atoms with Crippen molar-refractivity contribution in [3.8, 4) is 0 Å². The lowest BCUT2D eigenvalue weighted by Gasteiger charge is -2.09. The first-order chi connectivity index (χ1) is 28.6. The van der Waals surface area contributed by atoms with Crippen LogP contribution in [0.25, 0.3) is 0 Å². The minimum Gasteiger partial charge on any atom is -0.211 e. The SMILES string of the molecule is CCc1cccc(CC)c1N=C=O.Cc1cc(C)c(N=C=O)c(C)c1.Cc1cc(Cl)ccc1N=C=O.Cc1ccc(Cl)cc1N=C=O.Cc1cccc(C(C)C)c1N=C=O. The zero-order valence-corrected chi connectivity index (χ0v) is 37.1. The second-order valence-electron chi connectivity index (χ2n) is 13.4. The molecule has 0 amide bonds. The van der Waals surface area contributed by atoms with Gasteiger partial charge in [-0.1, -0.05) is 111 Å². The van der Waals surface area contributed by atoms with Gasteiger partial charge in [-0.15, -0.1) is 0 Å². The molecule has 310 valence electrons. The lowest BCUT2D eigenvalue weighted by molar-refractivity contribution is 0.564. The third-order valence-corrected chi connectivity index (χ3v) is 9.10. The van der Waals surface area contributed by atoms with E-state index in [1.54, 1.807) is 54.6 Å². The summed E-state index contributed by atoms with van der Waals surface area (Å²) in [6.07, 6.45) is 9.50. The van der Waals surface area contributed by atoms with Crippen LogP contribution in [0.15, 0.2) is 110 Å². The molecule has 0 aromatic heterocycles. The van der Waals surface area contributed by atoms with Crippen molar-refractivity contribution in [1.82, 2.24) is 0 Å². The van der Waals surface area contributed by atoms with Crippen molar-refractivity contribution < 1.29 is 24.0 Å². The van der Waals surface area contributed by atoms with Gasteiger partial charge < -0.3 is 0 Å². The van der Waals surface area contributed by atoms with Gasteiger partial charge in [0, 0.05) is 10.0 Å². The van der Waals surface area contributed by atoms with E-state index >= 15 is 0 Å². The fourth-order valence-corrected chi connectivity index (χ4v) is 6.08. The molecule has 0 fully saturated rings. The van der Waals surface area contributed by atoms with Crippen molar-refractivity contribution in [2.24, 2.45) is 25.0 Å². The van der Waals surface area contributed by atoms with E-state index in [4.69, 9.17) is 23.2 Å². The van der Waals surface area contributed by atoms with E-state index in [1.807, 2.05) is 90.1 Å². The summed E-state index contributed by atoms with van der Waals surface area (Å²) in [6.45, 7) is 19.8. The van der Waals surface area contributed by atoms with Crippen LogP contribution in [0.1, 0.15) is 83.7 Å². The Hall–Kier alpha value is -6.42. The Balaban J connectivity index is 0.000000376. The highest BCUT2D eigenvalue weighted by Crippen LogP contribution is 2.30. The molecule has 12 heteroatoms. The van der Waals surface area contributed by atoms with Crippen molar-refractivity contribution in [1.29, 1.82) is 0 Å². The molecule has 0 aliphatic heterocycles. The van der Waals surface area contributed by atoms with Crippen LogP contribution in [0, 0.1) is 41.5 Å². The molecule has 0 radical (unpaired) electrons. The molecular formula is C48H49Cl2N5O5. The van der Waals surface area contributed by atoms with Crippen LogP contribution in [-0.2, 0) is 36.8 Å². The lowest BCUT2D eigenvalue weighted by Crippen LogP contribution is -1.89. The standard InChI is InChI=1S/2C11H13NO.C10H11NO.2C8H6ClNO/c1-8(2)10-6-4-5-9(3)11(10)12-7-13;1-3-9-6-5-7-10(4-2)11(9)12-8-13;1-7-4-8(2)10(11-6-12)9(3)5-7;1-6-4-7(9)2-3-8(6)10-5-11;1-6-2-3-7(9)4-8(6)10-5-11/h4-6,8H,1-3H3;5-7H,3-4H2,1-2H3;4-5H,1-3H3;2*2-4H,1H3. The number of benzene rings is 5. The number of hydrogen-bond donors (Lipinski definition) is 0. The van der Waals surface area contributed by atoms with Crippen molar-refractivity contribution in [3.63, 3.8) is 0 Å². The molecule has 0 aliphatic carbocycles. The average molecular weight is 847 g/mol. The number of hydrogen-bond acceptors (Lipinski definition) is 10. The Morgan fingerprint density at radius 1 is 0.467 bits per heavy atom. The summed E-state index contributed by atoms with van der Waals surface area (Å²) >= 11 is 11.3. The molecule has 10 nitrogen and oxygen atoms in total. The summed E-state index contributed by atoms with van der Waals surface area (Å²) in [4.78, 5) is 68.4. The van der Waals surface area contributed by atoms with Gasteiger partial charge >= 0.3 is 0 Å². The van der Waals surface area contributed by atoms with Crippen LogP contribution in [0.5, 0.6) is 0 Å². The maximum absolute atomic E-state index is 10.2. The zero-order valence-electron chi connectivity index (χ0n) is 35.6. The number of halogens is 2. The molecule has 0 unspecified atom stereocenters. The number of carbonyl (C=O) groups excluding carboxylic acids is 5. The number of isocyanates is 5. The number of aliphatic imine (C=N–C) groups is 5. The van der Waals surface area contributed by atoms with Gasteiger partial charge in [-0.2, -0.15) is 25.0 Å². The van der Waals surface area contributed by atoms with E-state index in [2.05, 4.69) is 52.7 Å². The lowest BCUT2D eigenvalue weighted by atomic mass is 9.99. The number of aryl methyl sites for hydroxylation is 8. The third kappa shape index (κ3) is 17.6. The van der Waals surface area contributed by atoms with Crippen LogP contribution in [0.3, 0.4) is 0 Å². The van der Waals surface area contributed by atoms with E-state index in [0.717, 1.165) is 74.4 Å². The molecule has 0 N–H and O–H groups in total. The van der Waals surface area contributed by atoms with Crippen molar-refractivity contribution >= 4 is 82.0 Å². The molecular weight excluding hydrogens is 797 g/mol. The largest absolute Gasteiger partial charge is 0.240 e. The predicted molar refractivity (Wildman–Crippen MR) is 242 cm³/mol. The molecule has 0 saturated carbocycles. The van der Waals surface area contributed by atoms with Gasteiger partial charge in [-0.05, 0) is 135 Å². The maximum Gasteiger partial charge on any atom is 0.240 e. The van der Waals surface area contributed by atoms with Gasteiger partial charge in [0.1, 0.15) is 0 Å². The topological polar surface area (TPSA) is 147 Å². The molecule has 0 heterocycles. The summed E-state index contributed by atoms with van der Waals surface area (Å²) in [5.74, 6) is 0.381. The van der Waals surface area contributed by atoms with Gasteiger partial charge in [-0.25, -0.2) is 24.0 Å². The third-order valence-electron chi connectivity index (χ3n) is 8.63. The van der Waals surface area contributed by atoms with Gasteiger partial charge in [0.15, 0.2) is 0 Å². The molecule has 0 atom stereocenters. The van der Waals surface area contributed by atoms with E-state index in [0.29, 0.717) is 27.3 Å². The Morgan fingerprint density at radius 2 is 0.933 bits per heavy atom. The Kier molecular flexibility index (Phi) is 24.1. The van der Waals surface area contributed by atoms with Gasteiger partial charge in [0.05, 0.1) is 28.4 Å². The summed E-state index contributed by atoms with van der Waals surface area (Å²) in [6, 6.07) is 26.2. The quantitative estimate of drug-likeness (QED) is 0.113. The number of nitrogens with zero attached hydrogens (tertiary/aromatic N) is 5. The van der Waals surface area contributed by atoms with E-state index in [9.17, 15) is 24.0 Å². The summed E-state index contributed by atoms with van der Waals surface area (Å²) < 4.78 is 0. The van der Waals surface area contributed by atoms with Crippen molar-refractivity contribution in [3.05, 3.63) is 145 Å². The highest BCUT2D eigenvalue weighted by atomic mass is 35.5.